The molecule has 0 spiro atoms. The SMILES string of the molecule is CC(OC1CCCCCC1)C(=O)N1CCCC(CCC(=O)O)C1. The number of carboxylic acids is 1. The summed E-state index contributed by atoms with van der Waals surface area (Å²) in [6.45, 7) is 3.33. The van der Waals surface area contributed by atoms with Crippen molar-refractivity contribution in [2.24, 2.45) is 5.92 Å². The average molecular weight is 325 g/mol. The second-order valence-corrected chi connectivity index (χ2v) is 7.12. The molecule has 5 heteroatoms. The van der Waals surface area contributed by atoms with Crippen LogP contribution < -0.4 is 0 Å². The maximum absolute atomic E-state index is 12.6. The maximum Gasteiger partial charge on any atom is 0.303 e. The Morgan fingerprint density at radius 3 is 2.48 bits per heavy atom. The van der Waals surface area contributed by atoms with Gasteiger partial charge in [0.25, 0.3) is 5.91 Å². The van der Waals surface area contributed by atoms with Gasteiger partial charge in [0.05, 0.1) is 6.10 Å². The number of ether oxygens (including phenoxy) is 1. The zero-order valence-corrected chi connectivity index (χ0v) is 14.3. The Bertz CT molecular complexity index is 390. The van der Waals surface area contributed by atoms with Gasteiger partial charge < -0.3 is 14.7 Å². The number of carbonyl (C=O) groups is 2. The maximum atomic E-state index is 12.6. The summed E-state index contributed by atoms with van der Waals surface area (Å²) in [7, 11) is 0. The summed E-state index contributed by atoms with van der Waals surface area (Å²) in [5, 5.41) is 8.81. The second kappa shape index (κ2) is 9.26. The molecule has 0 bridgehead atoms. The lowest BCUT2D eigenvalue weighted by molar-refractivity contribution is -0.148. The molecule has 0 aromatic rings. The van der Waals surface area contributed by atoms with E-state index in [2.05, 4.69) is 0 Å². The molecule has 0 radical (unpaired) electrons. The molecule has 1 saturated carbocycles. The smallest absolute Gasteiger partial charge is 0.303 e. The van der Waals surface area contributed by atoms with Crippen molar-refractivity contribution in [2.75, 3.05) is 13.1 Å². The Labute approximate surface area is 139 Å². The van der Waals surface area contributed by atoms with Crippen LogP contribution in [-0.2, 0) is 14.3 Å². The first-order valence-electron chi connectivity index (χ1n) is 9.22. The van der Waals surface area contributed by atoms with Crippen LogP contribution in [0.15, 0.2) is 0 Å². The number of aliphatic carboxylic acids is 1. The van der Waals surface area contributed by atoms with Gasteiger partial charge in [0.1, 0.15) is 6.10 Å². The standard InChI is InChI=1S/C18H31NO4/c1-14(23-16-8-4-2-3-5-9-16)18(22)19-12-6-7-15(13-19)10-11-17(20)21/h14-16H,2-13H2,1H3,(H,20,21). The minimum atomic E-state index is -0.751. The highest BCUT2D eigenvalue weighted by Gasteiger charge is 2.29. The van der Waals surface area contributed by atoms with Gasteiger partial charge in [0.15, 0.2) is 0 Å². The fourth-order valence-corrected chi connectivity index (χ4v) is 3.81. The van der Waals surface area contributed by atoms with Gasteiger partial charge >= 0.3 is 5.97 Å². The van der Waals surface area contributed by atoms with Crippen molar-refractivity contribution in [3.8, 4) is 0 Å². The first-order valence-corrected chi connectivity index (χ1v) is 9.22. The zero-order chi connectivity index (χ0) is 16.7. The van der Waals surface area contributed by atoms with Crippen molar-refractivity contribution in [2.45, 2.75) is 83.3 Å². The van der Waals surface area contributed by atoms with Gasteiger partial charge in [-0.3, -0.25) is 9.59 Å². The average Bonchev–Trinajstić information content (AvgIpc) is 2.81. The number of hydrogen-bond donors (Lipinski definition) is 1. The van der Waals surface area contributed by atoms with Crippen molar-refractivity contribution in [3.05, 3.63) is 0 Å². The molecule has 2 fully saturated rings. The molecule has 1 aliphatic carbocycles. The molecule has 1 N–H and O–H groups in total. The molecule has 1 amide bonds. The van der Waals surface area contributed by atoms with Gasteiger partial charge in [0.2, 0.25) is 0 Å². The van der Waals surface area contributed by atoms with E-state index in [0.29, 0.717) is 18.9 Å². The molecular formula is C18H31NO4. The molecule has 2 rings (SSSR count). The highest BCUT2D eigenvalue weighted by molar-refractivity contribution is 5.80. The highest BCUT2D eigenvalue weighted by atomic mass is 16.5. The highest BCUT2D eigenvalue weighted by Crippen LogP contribution is 2.24. The van der Waals surface area contributed by atoms with Gasteiger partial charge in [-0.1, -0.05) is 25.7 Å². The van der Waals surface area contributed by atoms with Crippen LogP contribution in [0.2, 0.25) is 0 Å². The number of rotatable bonds is 6. The summed E-state index contributed by atoms with van der Waals surface area (Å²) in [5.41, 5.74) is 0. The van der Waals surface area contributed by atoms with E-state index in [-0.39, 0.29) is 24.5 Å². The van der Waals surface area contributed by atoms with Crippen LogP contribution in [-0.4, -0.2) is 47.2 Å². The quantitative estimate of drug-likeness (QED) is 0.762. The summed E-state index contributed by atoms with van der Waals surface area (Å²) in [6, 6.07) is 0. The predicted molar refractivity (Wildman–Crippen MR) is 88.2 cm³/mol. The minimum Gasteiger partial charge on any atom is -0.481 e. The molecule has 2 unspecified atom stereocenters. The Morgan fingerprint density at radius 2 is 1.83 bits per heavy atom. The van der Waals surface area contributed by atoms with Crippen LogP contribution in [0.4, 0.5) is 0 Å². The molecule has 2 atom stereocenters. The number of likely N-dealkylation sites (tertiary alicyclic amines) is 1. The first kappa shape index (κ1) is 18.2. The first-order chi connectivity index (χ1) is 11.1. The van der Waals surface area contributed by atoms with Gasteiger partial charge in [0, 0.05) is 19.5 Å². The fraction of sp³-hybridized carbons (Fsp3) is 0.889. The van der Waals surface area contributed by atoms with Crippen molar-refractivity contribution < 1.29 is 19.4 Å². The second-order valence-electron chi connectivity index (χ2n) is 7.12. The lowest BCUT2D eigenvalue weighted by Crippen LogP contribution is -2.45. The monoisotopic (exact) mass is 325 g/mol. The Kier molecular flexibility index (Phi) is 7.34. The number of piperidine rings is 1. The Hall–Kier alpha value is -1.10. The normalized spacial score (nSPS) is 24.9. The zero-order valence-electron chi connectivity index (χ0n) is 14.3. The van der Waals surface area contributed by atoms with E-state index >= 15 is 0 Å². The number of carbonyl (C=O) groups excluding carboxylic acids is 1. The van der Waals surface area contributed by atoms with E-state index in [1.807, 2.05) is 11.8 Å². The third-order valence-corrected chi connectivity index (χ3v) is 5.14. The number of amides is 1. The molecule has 23 heavy (non-hydrogen) atoms. The van der Waals surface area contributed by atoms with Crippen LogP contribution >= 0.6 is 0 Å². The summed E-state index contributed by atoms with van der Waals surface area (Å²) in [4.78, 5) is 25.2. The van der Waals surface area contributed by atoms with Crippen LogP contribution in [0.3, 0.4) is 0 Å². The van der Waals surface area contributed by atoms with Crippen molar-refractivity contribution in [3.63, 3.8) is 0 Å². The minimum absolute atomic E-state index is 0.0780. The molecule has 5 nitrogen and oxygen atoms in total. The van der Waals surface area contributed by atoms with Gasteiger partial charge in [-0.25, -0.2) is 0 Å². The van der Waals surface area contributed by atoms with Crippen LogP contribution in [0, 0.1) is 5.92 Å². The predicted octanol–water partition coefficient (Wildman–Crippen LogP) is 3.22. The molecule has 1 heterocycles. The van der Waals surface area contributed by atoms with Crippen molar-refractivity contribution >= 4 is 11.9 Å². The Balaban J connectivity index is 1.79. The number of nitrogens with zero attached hydrogens (tertiary/aromatic N) is 1. The summed E-state index contributed by atoms with van der Waals surface area (Å²) in [5.74, 6) is -0.360. The Morgan fingerprint density at radius 1 is 1.13 bits per heavy atom. The van der Waals surface area contributed by atoms with Gasteiger partial charge in [-0.2, -0.15) is 0 Å². The summed E-state index contributed by atoms with van der Waals surface area (Å²) in [6.07, 6.45) is 9.79. The van der Waals surface area contributed by atoms with Crippen LogP contribution in [0.5, 0.6) is 0 Å². The van der Waals surface area contributed by atoms with E-state index in [1.165, 1.54) is 25.7 Å². The molecule has 0 aromatic heterocycles. The summed E-state index contributed by atoms with van der Waals surface area (Å²) >= 11 is 0. The van der Waals surface area contributed by atoms with E-state index in [4.69, 9.17) is 9.84 Å². The molecule has 0 aromatic carbocycles. The van der Waals surface area contributed by atoms with Gasteiger partial charge in [-0.15, -0.1) is 0 Å². The van der Waals surface area contributed by atoms with E-state index in [9.17, 15) is 9.59 Å². The molecular weight excluding hydrogens is 294 g/mol. The third kappa shape index (κ3) is 6.13. The molecule has 1 aliphatic heterocycles. The van der Waals surface area contributed by atoms with E-state index in [0.717, 1.165) is 32.2 Å². The largest absolute Gasteiger partial charge is 0.481 e. The lowest BCUT2D eigenvalue weighted by atomic mass is 9.93. The van der Waals surface area contributed by atoms with Gasteiger partial charge in [-0.05, 0) is 44.9 Å². The van der Waals surface area contributed by atoms with E-state index in [1.54, 1.807) is 0 Å². The van der Waals surface area contributed by atoms with E-state index < -0.39 is 5.97 Å². The molecule has 1 saturated heterocycles. The molecule has 2 aliphatic rings. The van der Waals surface area contributed by atoms with Crippen LogP contribution in [0.1, 0.15) is 71.1 Å². The van der Waals surface area contributed by atoms with Crippen LogP contribution in [0.25, 0.3) is 0 Å². The van der Waals surface area contributed by atoms with Crippen molar-refractivity contribution in [1.29, 1.82) is 0 Å². The van der Waals surface area contributed by atoms with Crippen molar-refractivity contribution in [1.82, 2.24) is 4.90 Å². The lowest BCUT2D eigenvalue weighted by Gasteiger charge is -2.35. The fourth-order valence-electron chi connectivity index (χ4n) is 3.81. The number of carboxylic acid groups (broad SMARTS) is 1. The topological polar surface area (TPSA) is 66.8 Å². The molecule has 132 valence electrons. The summed E-state index contributed by atoms with van der Waals surface area (Å²) < 4.78 is 6.03. The third-order valence-electron chi connectivity index (χ3n) is 5.14. The number of hydrogen-bond acceptors (Lipinski definition) is 3.